The molecule has 0 unspecified atom stereocenters. The molecule has 0 aliphatic rings. The fourth-order valence-corrected chi connectivity index (χ4v) is 1.00. The van der Waals surface area contributed by atoms with Crippen LogP contribution in [0.3, 0.4) is 0 Å². The number of carbonyl (C=O) groups is 1. The Hall–Kier alpha value is -2.36. The van der Waals surface area contributed by atoms with Gasteiger partial charge in [-0.1, -0.05) is 0 Å². The van der Waals surface area contributed by atoms with Crippen molar-refractivity contribution >= 4 is 11.8 Å². The molecule has 1 aromatic heterocycles. The van der Waals surface area contributed by atoms with Gasteiger partial charge in [0.15, 0.2) is 5.76 Å². The molecule has 1 heterocycles. The Bertz CT molecular complexity index is 432. The summed E-state index contributed by atoms with van der Waals surface area (Å²) >= 11 is 0. The van der Waals surface area contributed by atoms with Crippen molar-refractivity contribution in [1.82, 2.24) is 5.32 Å². The number of hydrogen-bond acceptors (Lipinski definition) is 5. The first-order valence-corrected chi connectivity index (χ1v) is 4.54. The van der Waals surface area contributed by atoms with Crippen molar-refractivity contribution < 1.29 is 14.1 Å². The summed E-state index contributed by atoms with van der Waals surface area (Å²) in [5.74, 6) is -1.10. The van der Waals surface area contributed by atoms with Crippen molar-refractivity contribution in [2.75, 3.05) is 6.54 Å². The summed E-state index contributed by atoms with van der Waals surface area (Å²) in [5.41, 5.74) is 0. The van der Waals surface area contributed by atoms with Crippen LogP contribution >= 0.6 is 0 Å². The molecule has 7 nitrogen and oxygen atoms in total. The van der Waals surface area contributed by atoms with Crippen LogP contribution in [-0.2, 0) is 0 Å². The Balaban J connectivity index is 2.47. The van der Waals surface area contributed by atoms with Crippen molar-refractivity contribution in [2.45, 2.75) is 12.8 Å². The number of nitrogens with zero attached hydrogens (tertiary/aromatic N) is 2. The summed E-state index contributed by atoms with van der Waals surface area (Å²) < 4.78 is 4.69. The predicted molar refractivity (Wildman–Crippen MR) is 52.5 cm³/mol. The van der Waals surface area contributed by atoms with E-state index in [9.17, 15) is 14.9 Å². The highest BCUT2D eigenvalue weighted by molar-refractivity contribution is 5.91. The molecule has 1 rings (SSSR count). The van der Waals surface area contributed by atoms with E-state index in [0.29, 0.717) is 19.4 Å². The lowest BCUT2D eigenvalue weighted by atomic mass is 10.3. The van der Waals surface area contributed by atoms with Gasteiger partial charge in [-0.2, -0.15) is 5.26 Å². The SMILES string of the molecule is N#CCCCNC(=O)c1ccc([N+](=O)[O-])o1. The molecular formula is C9H9N3O4. The van der Waals surface area contributed by atoms with E-state index < -0.39 is 16.7 Å². The number of carbonyl (C=O) groups excluding carboxylic acids is 1. The number of nitrogens with one attached hydrogen (secondary N) is 1. The number of furan rings is 1. The molecule has 84 valence electrons. The number of hydrogen-bond donors (Lipinski definition) is 1. The van der Waals surface area contributed by atoms with Crippen LogP contribution in [0.1, 0.15) is 23.4 Å². The average Bonchev–Trinajstić information content (AvgIpc) is 2.73. The van der Waals surface area contributed by atoms with Gasteiger partial charge < -0.3 is 9.73 Å². The van der Waals surface area contributed by atoms with Gasteiger partial charge in [0.2, 0.25) is 0 Å². The van der Waals surface area contributed by atoms with Crippen LogP contribution in [0.4, 0.5) is 5.88 Å². The van der Waals surface area contributed by atoms with Gasteiger partial charge in [0, 0.05) is 13.0 Å². The number of nitro groups is 1. The lowest BCUT2D eigenvalue weighted by Crippen LogP contribution is -2.23. The quantitative estimate of drug-likeness (QED) is 0.458. The fraction of sp³-hybridized carbons (Fsp3) is 0.333. The first kappa shape index (κ1) is 11.7. The molecule has 0 spiro atoms. The Kier molecular flexibility index (Phi) is 4.03. The minimum absolute atomic E-state index is 0.108. The van der Waals surface area contributed by atoms with Gasteiger partial charge in [-0.05, 0) is 12.5 Å². The van der Waals surface area contributed by atoms with Crippen LogP contribution in [0.5, 0.6) is 0 Å². The Morgan fingerprint density at radius 1 is 1.62 bits per heavy atom. The van der Waals surface area contributed by atoms with Gasteiger partial charge in [-0.15, -0.1) is 0 Å². The van der Waals surface area contributed by atoms with Crippen molar-refractivity contribution in [3.63, 3.8) is 0 Å². The van der Waals surface area contributed by atoms with E-state index in [1.54, 1.807) is 0 Å². The first-order chi connectivity index (χ1) is 7.65. The van der Waals surface area contributed by atoms with Crippen molar-refractivity contribution in [1.29, 1.82) is 5.26 Å². The van der Waals surface area contributed by atoms with Gasteiger partial charge in [0.1, 0.15) is 4.92 Å². The van der Waals surface area contributed by atoms with Crippen molar-refractivity contribution in [3.05, 3.63) is 28.0 Å². The molecule has 0 atom stereocenters. The smallest absolute Gasteiger partial charge is 0.395 e. The zero-order valence-corrected chi connectivity index (χ0v) is 8.30. The summed E-state index contributed by atoms with van der Waals surface area (Å²) in [6, 6.07) is 4.29. The second-order valence-electron chi connectivity index (χ2n) is 2.91. The number of rotatable bonds is 5. The molecule has 0 aliphatic carbocycles. The third-order valence-corrected chi connectivity index (χ3v) is 1.75. The summed E-state index contributed by atoms with van der Waals surface area (Å²) in [7, 11) is 0. The van der Waals surface area contributed by atoms with Crippen molar-refractivity contribution in [2.24, 2.45) is 0 Å². The standard InChI is InChI=1S/C9H9N3O4/c10-5-1-2-6-11-9(13)7-3-4-8(16-7)12(14)15/h3-4H,1-2,6H2,(H,11,13). The Morgan fingerprint density at radius 3 is 2.94 bits per heavy atom. The molecule has 0 saturated carbocycles. The largest absolute Gasteiger partial charge is 0.433 e. The Labute approximate surface area is 90.8 Å². The number of unbranched alkanes of at least 4 members (excludes halogenated alkanes) is 1. The Morgan fingerprint density at radius 2 is 2.38 bits per heavy atom. The van der Waals surface area contributed by atoms with Crippen LogP contribution in [0.25, 0.3) is 0 Å². The van der Waals surface area contributed by atoms with Gasteiger partial charge in [-0.25, -0.2) is 0 Å². The molecule has 1 amide bonds. The van der Waals surface area contributed by atoms with E-state index in [2.05, 4.69) is 9.73 Å². The molecule has 0 aromatic carbocycles. The average molecular weight is 223 g/mol. The molecule has 0 fully saturated rings. The lowest BCUT2D eigenvalue weighted by molar-refractivity contribution is -0.402. The molecule has 1 aromatic rings. The molecule has 0 radical (unpaired) electrons. The normalized spacial score (nSPS) is 9.44. The first-order valence-electron chi connectivity index (χ1n) is 4.54. The zero-order chi connectivity index (χ0) is 12.0. The van der Waals surface area contributed by atoms with Gasteiger partial charge in [0.25, 0.3) is 5.91 Å². The highest BCUT2D eigenvalue weighted by Gasteiger charge is 2.16. The summed E-state index contributed by atoms with van der Waals surface area (Å²) in [6.07, 6.45) is 0.879. The van der Waals surface area contributed by atoms with E-state index in [-0.39, 0.29) is 5.76 Å². The lowest BCUT2D eigenvalue weighted by Gasteiger charge is -1.99. The second-order valence-corrected chi connectivity index (χ2v) is 2.91. The second kappa shape index (κ2) is 5.50. The molecule has 1 N–H and O–H groups in total. The summed E-state index contributed by atoms with van der Waals surface area (Å²) in [4.78, 5) is 20.9. The summed E-state index contributed by atoms with van der Waals surface area (Å²) in [6.45, 7) is 0.334. The van der Waals surface area contributed by atoms with E-state index in [1.165, 1.54) is 6.07 Å². The van der Waals surface area contributed by atoms with Crippen LogP contribution in [0, 0.1) is 21.4 Å². The number of amides is 1. The van der Waals surface area contributed by atoms with E-state index in [0.717, 1.165) is 6.07 Å². The maximum absolute atomic E-state index is 11.3. The molecule has 16 heavy (non-hydrogen) atoms. The van der Waals surface area contributed by atoms with Crippen LogP contribution in [0.15, 0.2) is 16.5 Å². The van der Waals surface area contributed by atoms with E-state index in [1.807, 2.05) is 6.07 Å². The van der Waals surface area contributed by atoms with E-state index >= 15 is 0 Å². The predicted octanol–water partition coefficient (Wildman–Crippen LogP) is 1.22. The molecule has 0 aliphatic heterocycles. The zero-order valence-electron chi connectivity index (χ0n) is 8.30. The fourth-order valence-electron chi connectivity index (χ4n) is 1.00. The van der Waals surface area contributed by atoms with Crippen molar-refractivity contribution in [3.8, 4) is 6.07 Å². The third-order valence-electron chi connectivity index (χ3n) is 1.75. The highest BCUT2D eigenvalue weighted by atomic mass is 16.6. The van der Waals surface area contributed by atoms with Crippen LogP contribution in [0.2, 0.25) is 0 Å². The topological polar surface area (TPSA) is 109 Å². The van der Waals surface area contributed by atoms with Crippen LogP contribution in [-0.4, -0.2) is 17.4 Å². The molecular weight excluding hydrogens is 214 g/mol. The van der Waals surface area contributed by atoms with Gasteiger partial charge in [0.05, 0.1) is 12.1 Å². The van der Waals surface area contributed by atoms with E-state index in [4.69, 9.17) is 5.26 Å². The third kappa shape index (κ3) is 3.09. The minimum atomic E-state index is -0.716. The number of nitriles is 1. The van der Waals surface area contributed by atoms with Gasteiger partial charge in [-0.3, -0.25) is 14.9 Å². The maximum Gasteiger partial charge on any atom is 0.433 e. The molecule has 7 heteroatoms. The maximum atomic E-state index is 11.3. The molecule has 0 saturated heterocycles. The minimum Gasteiger partial charge on any atom is -0.395 e. The monoisotopic (exact) mass is 223 g/mol. The molecule has 0 bridgehead atoms. The van der Waals surface area contributed by atoms with Gasteiger partial charge >= 0.3 is 5.88 Å². The summed E-state index contributed by atoms with van der Waals surface area (Å²) in [5, 5.41) is 21.0. The van der Waals surface area contributed by atoms with Crippen LogP contribution < -0.4 is 5.32 Å². The highest BCUT2D eigenvalue weighted by Crippen LogP contribution is 2.15.